The number of carbonyl (C=O) groups excluding carboxylic acids is 2. The van der Waals surface area contributed by atoms with Gasteiger partial charge in [0.05, 0.1) is 12.2 Å². The molecule has 32 heavy (non-hydrogen) atoms. The summed E-state index contributed by atoms with van der Waals surface area (Å²) in [6, 6.07) is 15.3. The Morgan fingerprint density at radius 2 is 1.84 bits per heavy atom. The van der Waals surface area contributed by atoms with E-state index in [0.29, 0.717) is 24.2 Å². The van der Waals surface area contributed by atoms with Crippen LogP contribution in [-0.2, 0) is 11.2 Å². The van der Waals surface area contributed by atoms with Crippen LogP contribution in [0.4, 0.5) is 25.0 Å². The van der Waals surface area contributed by atoms with Gasteiger partial charge in [-0.2, -0.15) is 0 Å². The van der Waals surface area contributed by atoms with E-state index in [1.165, 1.54) is 6.07 Å². The summed E-state index contributed by atoms with van der Waals surface area (Å²) in [6.45, 7) is 0.360. The van der Waals surface area contributed by atoms with E-state index in [-0.39, 0.29) is 30.3 Å². The number of amides is 3. The van der Waals surface area contributed by atoms with Crippen LogP contribution < -0.4 is 20.7 Å². The van der Waals surface area contributed by atoms with Gasteiger partial charge in [-0.15, -0.1) is 0 Å². The van der Waals surface area contributed by atoms with Crippen molar-refractivity contribution in [1.82, 2.24) is 5.32 Å². The van der Waals surface area contributed by atoms with Crippen molar-refractivity contribution in [2.45, 2.75) is 12.8 Å². The van der Waals surface area contributed by atoms with Crippen LogP contribution in [0.15, 0.2) is 60.7 Å². The van der Waals surface area contributed by atoms with E-state index in [1.807, 2.05) is 6.07 Å². The van der Waals surface area contributed by atoms with Crippen molar-refractivity contribution < 1.29 is 23.1 Å². The summed E-state index contributed by atoms with van der Waals surface area (Å²) in [6.07, 6.45) is 1.08. The van der Waals surface area contributed by atoms with Crippen LogP contribution in [0.2, 0.25) is 0 Å². The molecule has 0 atom stereocenters. The third-order valence-corrected chi connectivity index (χ3v) is 5.01. The predicted octanol–water partition coefficient (Wildman–Crippen LogP) is 4.72. The molecule has 1 aliphatic heterocycles. The number of hydrogen-bond acceptors (Lipinski definition) is 3. The van der Waals surface area contributed by atoms with Crippen LogP contribution in [-0.4, -0.2) is 25.1 Å². The molecule has 0 aromatic heterocycles. The number of aryl methyl sites for hydroxylation is 1. The third kappa shape index (κ3) is 5.03. The van der Waals surface area contributed by atoms with Gasteiger partial charge in [0.15, 0.2) is 0 Å². The number of fused-ring (bicyclic) bond motifs is 1. The van der Waals surface area contributed by atoms with E-state index >= 15 is 0 Å². The molecule has 3 aromatic carbocycles. The molecule has 6 nitrogen and oxygen atoms in total. The minimum Gasteiger partial charge on any atom is -0.492 e. The van der Waals surface area contributed by atoms with Crippen molar-refractivity contribution in [2.75, 3.05) is 23.8 Å². The second-order valence-corrected chi connectivity index (χ2v) is 7.27. The molecule has 4 rings (SSSR count). The van der Waals surface area contributed by atoms with Crippen LogP contribution in [0, 0.1) is 11.6 Å². The predicted molar refractivity (Wildman–Crippen MR) is 118 cm³/mol. The van der Waals surface area contributed by atoms with E-state index in [0.717, 1.165) is 17.3 Å². The molecule has 0 radical (unpaired) electrons. The van der Waals surface area contributed by atoms with Crippen molar-refractivity contribution in [3.8, 4) is 16.9 Å². The molecule has 0 bridgehead atoms. The lowest BCUT2D eigenvalue weighted by Gasteiger charge is -2.18. The van der Waals surface area contributed by atoms with Gasteiger partial charge in [-0.1, -0.05) is 30.3 Å². The molecule has 1 aliphatic rings. The van der Waals surface area contributed by atoms with Crippen LogP contribution in [0.25, 0.3) is 11.1 Å². The van der Waals surface area contributed by atoms with Crippen molar-refractivity contribution >= 4 is 23.3 Å². The van der Waals surface area contributed by atoms with Crippen molar-refractivity contribution in [3.63, 3.8) is 0 Å². The minimum atomic E-state index is -0.864. The molecule has 0 saturated heterocycles. The van der Waals surface area contributed by atoms with Gasteiger partial charge < -0.3 is 20.7 Å². The Bertz CT molecular complexity index is 1150. The van der Waals surface area contributed by atoms with Crippen LogP contribution in [0.5, 0.6) is 5.75 Å². The Labute approximate surface area is 183 Å². The SMILES string of the molecule is O=C1CCc2cc(OCCNC(=O)Nc3c(F)cc(F)cc3-c3ccccc3)ccc2N1. The van der Waals surface area contributed by atoms with Gasteiger partial charge in [0.25, 0.3) is 0 Å². The van der Waals surface area contributed by atoms with Crippen LogP contribution in [0.3, 0.4) is 0 Å². The second kappa shape index (κ2) is 9.47. The van der Waals surface area contributed by atoms with E-state index in [9.17, 15) is 18.4 Å². The molecule has 0 fully saturated rings. The summed E-state index contributed by atoms with van der Waals surface area (Å²) < 4.78 is 33.8. The lowest BCUT2D eigenvalue weighted by atomic mass is 10.0. The molecule has 0 aliphatic carbocycles. The fourth-order valence-corrected chi connectivity index (χ4v) is 3.49. The molecule has 164 valence electrons. The lowest BCUT2D eigenvalue weighted by Crippen LogP contribution is -2.32. The molecule has 3 aromatic rings. The maximum absolute atomic E-state index is 14.4. The van der Waals surface area contributed by atoms with Crippen LogP contribution >= 0.6 is 0 Å². The number of nitrogens with one attached hydrogen (secondary N) is 3. The van der Waals surface area contributed by atoms with Gasteiger partial charge in [-0.25, -0.2) is 13.6 Å². The number of anilines is 2. The topological polar surface area (TPSA) is 79.5 Å². The number of halogens is 2. The van der Waals surface area contributed by atoms with E-state index < -0.39 is 17.7 Å². The van der Waals surface area contributed by atoms with E-state index in [4.69, 9.17) is 4.74 Å². The van der Waals surface area contributed by atoms with Gasteiger partial charge in [-0.3, -0.25) is 4.79 Å². The quantitative estimate of drug-likeness (QED) is 0.489. The van der Waals surface area contributed by atoms with Crippen LogP contribution in [0.1, 0.15) is 12.0 Å². The molecule has 3 N–H and O–H groups in total. The maximum atomic E-state index is 14.4. The first-order chi connectivity index (χ1) is 15.5. The molecule has 8 heteroatoms. The number of benzene rings is 3. The van der Waals surface area contributed by atoms with Gasteiger partial charge in [0.2, 0.25) is 5.91 Å². The Hall–Kier alpha value is -3.94. The summed E-state index contributed by atoms with van der Waals surface area (Å²) in [4.78, 5) is 23.7. The number of carbonyl (C=O) groups is 2. The Morgan fingerprint density at radius 3 is 2.66 bits per heavy atom. The van der Waals surface area contributed by atoms with Crippen molar-refractivity contribution in [1.29, 1.82) is 0 Å². The average molecular weight is 437 g/mol. The second-order valence-electron chi connectivity index (χ2n) is 7.27. The largest absolute Gasteiger partial charge is 0.492 e. The molecule has 3 amide bonds. The van der Waals surface area contributed by atoms with Gasteiger partial charge in [0.1, 0.15) is 24.0 Å². The fraction of sp³-hybridized carbons (Fsp3) is 0.167. The summed E-state index contributed by atoms with van der Waals surface area (Å²) in [5.74, 6) is -0.978. The summed E-state index contributed by atoms with van der Waals surface area (Å²) in [7, 11) is 0. The zero-order valence-electron chi connectivity index (χ0n) is 17.1. The Kier molecular flexibility index (Phi) is 6.30. The molecular formula is C24H21F2N3O3. The van der Waals surface area contributed by atoms with Crippen molar-refractivity contribution in [3.05, 3.63) is 77.9 Å². The van der Waals surface area contributed by atoms with Gasteiger partial charge in [-0.05, 0) is 41.8 Å². The molecule has 0 unspecified atom stereocenters. The summed E-state index contributed by atoms with van der Waals surface area (Å²) in [5.41, 5.74) is 2.49. The highest BCUT2D eigenvalue weighted by Crippen LogP contribution is 2.31. The molecule has 1 heterocycles. The summed E-state index contributed by atoms with van der Waals surface area (Å²) >= 11 is 0. The maximum Gasteiger partial charge on any atom is 0.319 e. The molecule has 0 spiro atoms. The first-order valence-corrected chi connectivity index (χ1v) is 10.1. The standard InChI is InChI=1S/C24H21F2N3O3/c25-17-13-19(15-4-2-1-3-5-15)23(20(26)14-17)29-24(31)27-10-11-32-18-7-8-21-16(12-18)6-9-22(30)28-21/h1-5,7-8,12-14H,6,9-11H2,(H,28,30)(H2,27,29,31). The Morgan fingerprint density at radius 1 is 1.03 bits per heavy atom. The normalized spacial score (nSPS) is 12.5. The first kappa shape index (κ1) is 21.3. The average Bonchev–Trinajstić information content (AvgIpc) is 2.79. The fourth-order valence-electron chi connectivity index (χ4n) is 3.49. The van der Waals surface area contributed by atoms with Gasteiger partial charge >= 0.3 is 6.03 Å². The molecule has 0 saturated carbocycles. The number of urea groups is 1. The highest BCUT2D eigenvalue weighted by Gasteiger charge is 2.16. The first-order valence-electron chi connectivity index (χ1n) is 10.1. The third-order valence-electron chi connectivity index (χ3n) is 5.01. The minimum absolute atomic E-state index is 0.00519. The highest BCUT2D eigenvalue weighted by atomic mass is 19.1. The van der Waals surface area contributed by atoms with Crippen molar-refractivity contribution in [2.24, 2.45) is 0 Å². The van der Waals surface area contributed by atoms with Gasteiger partial charge in [0, 0.05) is 23.7 Å². The Balaban J connectivity index is 1.34. The smallest absolute Gasteiger partial charge is 0.319 e. The van der Waals surface area contributed by atoms with E-state index in [2.05, 4.69) is 16.0 Å². The summed E-state index contributed by atoms with van der Waals surface area (Å²) in [5, 5.41) is 7.86. The number of rotatable bonds is 6. The monoisotopic (exact) mass is 437 g/mol. The zero-order valence-corrected chi connectivity index (χ0v) is 17.1. The zero-order chi connectivity index (χ0) is 22.5. The highest BCUT2D eigenvalue weighted by molar-refractivity contribution is 5.95. The lowest BCUT2D eigenvalue weighted by molar-refractivity contribution is -0.116. The molecular weight excluding hydrogens is 416 g/mol. The van der Waals surface area contributed by atoms with E-state index in [1.54, 1.807) is 42.5 Å². The number of ether oxygens (including phenoxy) is 1. The number of hydrogen-bond donors (Lipinski definition) is 3.